The van der Waals surface area contributed by atoms with Crippen LogP contribution in [0, 0.1) is 0 Å². The predicted octanol–water partition coefficient (Wildman–Crippen LogP) is 3.51. The predicted molar refractivity (Wildman–Crippen MR) is 108 cm³/mol. The number of anilines is 1. The Morgan fingerprint density at radius 1 is 1.07 bits per heavy atom. The van der Waals surface area contributed by atoms with Crippen molar-refractivity contribution in [2.75, 3.05) is 32.6 Å². The smallest absolute Gasteiger partial charge is 0.339 e. The molecule has 3 rings (SSSR count). The molecular formula is C21H26N2O3S. The maximum atomic E-state index is 12.4. The van der Waals surface area contributed by atoms with Crippen LogP contribution in [0.25, 0.3) is 0 Å². The minimum atomic E-state index is -0.383. The lowest BCUT2D eigenvalue weighted by atomic mass is 9.96. The van der Waals surface area contributed by atoms with Crippen LogP contribution < -0.4 is 4.90 Å². The number of fused-ring (bicyclic) bond motifs is 1. The van der Waals surface area contributed by atoms with E-state index in [1.807, 2.05) is 48.6 Å². The maximum Gasteiger partial charge on any atom is 0.339 e. The lowest BCUT2D eigenvalue weighted by Gasteiger charge is -2.18. The molecule has 0 bridgehead atoms. The van der Waals surface area contributed by atoms with Crippen molar-refractivity contribution < 1.29 is 14.3 Å². The molecule has 1 heterocycles. The van der Waals surface area contributed by atoms with Gasteiger partial charge >= 0.3 is 5.97 Å². The number of benzene rings is 1. The van der Waals surface area contributed by atoms with Gasteiger partial charge in [-0.3, -0.25) is 4.79 Å². The fourth-order valence-corrected chi connectivity index (χ4v) is 4.36. The van der Waals surface area contributed by atoms with Gasteiger partial charge in [0.05, 0.1) is 5.56 Å². The highest BCUT2D eigenvalue weighted by Crippen LogP contribution is 2.30. The van der Waals surface area contributed by atoms with Crippen molar-refractivity contribution in [3.63, 3.8) is 0 Å². The Labute approximate surface area is 164 Å². The second kappa shape index (κ2) is 8.57. The minimum absolute atomic E-state index is 0.205. The molecule has 144 valence electrons. The Kier molecular flexibility index (Phi) is 6.16. The number of hydrogen-bond donors (Lipinski definition) is 0. The van der Waals surface area contributed by atoms with Crippen molar-refractivity contribution in [2.45, 2.75) is 32.2 Å². The molecule has 2 aromatic rings. The van der Waals surface area contributed by atoms with Crippen LogP contribution in [0.1, 0.15) is 39.2 Å². The summed E-state index contributed by atoms with van der Waals surface area (Å²) in [6, 6.07) is 8.05. The van der Waals surface area contributed by atoms with Crippen LogP contribution >= 0.6 is 11.3 Å². The molecule has 0 saturated carbocycles. The van der Waals surface area contributed by atoms with Gasteiger partial charge in [0.1, 0.15) is 0 Å². The van der Waals surface area contributed by atoms with E-state index in [1.165, 1.54) is 11.3 Å². The van der Waals surface area contributed by atoms with E-state index < -0.39 is 0 Å². The molecule has 0 N–H and O–H groups in total. The second-order valence-corrected chi connectivity index (χ2v) is 8.11. The molecule has 1 aliphatic rings. The van der Waals surface area contributed by atoms with E-state index >= 15 is 0 Å². The molecule has 27 heavy (non-hydrogen) atoms. The highest BCUT2D eigenvalue weighted by atomic mass is 32.1. The molecular weight excluding hydrogens is 360 g/mol. The molecule has 0 radical (unpaired) electrons. The average Bonchev–Trinajstić information content (AvgIpc) is 3.10. The minimum Gasteiger partial charge on any atom is -0.452 e. The first-order valence-corrected chi connectivity index (χ1v) is 10.1. The van der Waals surface area contributed by atoms with E-state index in [-0.39, 0.29) is 18.5 Å². The topological polar surface area (TPSA) is 49.9 Å². The zero-order valence-corrected chi connectivity index (χ0v) is 17.0. The zero-order chi connectivity index (χ0) is 19.4. The molecule has 6 heteroatoms. The number of aryl methyl sites for hydroxylation is 1. The summed E-state index contributed by atoms with van der Waals surface area (Å²) in [6.45, 7) is 0.258. The fourth-order valence-electron chi connectivity index (χ4n) is 3.24. The summed E-state index contributed by atoms with van der Waals surface area (Å²) < 4.78 is 5.29. The Bertz CT molecular complexity index is 811. The molecule has 1 aliphatic carbocycles. The van der Waals surface area contributed by atoms with Gasteiger partial charge in [0.15, 0.2) is 6.61 Å². The van der Waals surface area contributed by atoms with Gasteiger partial charge in [-0.05, 0) is 48.9 Å². The lowest BCUT2D eigenvalue weighted by Crippen LogP contribution is -2.31. The molecule has 1 aromatic carbocycles. The number of ether oxygens (including phenoxy) is 1. The first-order valence-electron chi connectivity index (χ1n) is 9.22. The van der Waals surface area contributed by atoms with Gasteiger partial charge < -0.3 is 14.5 Å². The van der Waals surface area contributed by atoms with Crippen molar-refractivity contribution in [1.82, 2.24) is 4.90 Å². The summed E-state index contributed by atoms with van der Waals surface area (Å²) in [6.07, 6.45) is 4.26. The number of carbonyl (C=O) groups excluding carboxylic acids is 2. The number of esters is 1. The largest absolute Gasteiger partial charge is 0.452 e. The van der Waals surface area contributed by atoms with Crippen molar-refractivity contribution in [3.05, 3.63) is 51.2 Å². The van der Waals surface area contributed by atoms with Crippen LogP contribution in [-0.4, -0.2) is 44.5 Å². The molecule has 0 fully saturated rings. The quantitative estimate of drug-likeness (QED) is 0.713. The number of amides is 1. The summed E-state index contributed by atoms with van der Waals surface area (Å²) in [4.78, 5) is 29.6. The summed E-state index contributed by atoms with van der Waals surface area (Å²) in [5.41, 5.74) is 3.91. The summed E-state index contributed by atoms with van der Waals surface area (Å²) in [5.74, 6) is -0.587. The van der Waals surface area contributed by atoms with Crippen molar-refractivity contribution in [2.24, 2.45) is 0 Å². The third kappa shape index (κ3) is 4.69. The number of nitrogens with zero attached hydrogens (tertiary/aromatic N) is 2. The van der Waals surface area contributed by atoms with Crippen LogP contribution in [0.4, 0.5) is 5.69 Å². The van der Waals surface area contributed by atoms with E-state index in [0.29, 0.717) is 12.1 Å². The van der Waals surface area contributed by atoms with Crippen molar-refractivity contribution in [3.8, 4) is 0 Å². The zero-order valence-electron chi connectivity index (χ0n) is 16.2. The van der Waals surface area contributed by atoms with Crippen molar-refractivity contribution in [1.29, 1.82) is 0 Å². The molecule has 5 nitrogen and oxygen atoms in total. The summed E-state index contributed by atoms with van der Waals surface area (Å²) in [7, 11) is 5.70. The van der Waals surface area contributed by atoms with Gasteiger partial charge in [-0.2, -0.15) is 0 Å². The third-order valence-electron chi connectivity index (χ3n) is 4.91. The van der Waals surface area contributed by atoms with Crippen LogP contribution in [0.2, 0.25) is 0 Å². The van der Waals surface area contributed by atoms with Gasteiger partial charge in [-0.15, -0.1) is 11.3 Å². The number of thiophene rings is 1. The molecule has 1 aromatic heterocycles. The number of likely N-dealkylation sites (N-methyl/N-ethyl adjacent to an activating group) is 1. The first-order chi connectivity index (χ1) is 13.0. The molecule has 0 aliphatic heterocycles. The highest BCUT2D eigenvalue weighted by molar-refractivity contribution is 7.10. The van der Waals surface area contributed by atoms with E-state index in [2.05, 4.69) is 0 Å². The highest BCUT2D eigenvalue weighted by Gasteiger charge is 2.22. The SMILES string of the molecule is CN(Cc1ccc(N(C)C)cc1)C(=O)COC(=O)c1csc2c1CCCC2. The van der Waals surface area contributed by atoms with Crippen LogP contribution in [0.5, 0.6) is 0 Å². The van der Waals surface area contributed by atoms with Crippen LogP contribution in [-0.2, 0) is 28.9 Å². The van der Waals surface area contributed by atoms with E-state index in [4.69, 9.17) is 4.74 Å². The standard InChI is InChI=1S/C21H26N2O3S/c1-22(2)16-10-8-15(9-11-16)12-23(3)20(24)13-26-21(25)18-14-27-19-7-5-4-6-17(18)19/h8-11,14H,4-7,12-13H2,1-3H3. The third-order valence-corrected chi connectivity index (χ3v) is 5.99. The maximum absolute atomic E-state index is 12.4. The fraction of sp³-hybridized carbons (Fsp3) is 0.429. The monoisotopic (exact) mass is 386 g/mol. The van der Waals surface area contributed by atoms with Gasteiger partial charge in [-0.1, -0.05) is 12.1 Å². The number of hydrogen-bond acceptors (Lipinski definition) is 5. The van der Waals surface area contributed by atoms with Crippen LogP contribution in [0.3, 0.4) is 0 Å². The molecule has 0 atom stereocenters. The molecule has 1 amide bonds. The Hall–Kier alpha value is -2.34. The van der Waals surface area contributed by atoms with E-state index in [1.54, 1.807) is 23.3 Å². The van der Waals surface area contributed by atoms with Gasteiger partial charge in [0.25, 0.3) is 5.91 Å². The average molecular weight is 387 g/mol. The van der Waals surface area contributed by atoms with E-state index in [9.17, 15) is 9.59 Å². The molecule has 0 unspecified atom stereocenters. The van der Waals surface area contributed by atoms with Gasteiger partial charge in [0.2, 0.25) is 0 Å². The Morgan fingerprint density at radius 2 is 1.78 bits per heavy atom. The summed E-state index contributed by atoms with van der Waals surface area (Å²) >= 11 is 1.63. The Morgan fingerprint density at radius 3 is 2.48 bits per heavy atom. The number of rotatable bonds is 6. The summed E-state index contributed by atoms with van der Waals surface area (Å²) in [5, 5.41) is 1.87. The van der Waals surface area contributed by atoms with Crippen molar-refractivity contribution >= 4 is 28.9 Å². The Balaban J connectivity index is 1.52. The van der Waals surface area contributed by atoms with Gasteiger partial charge in [0, 0.05) is 43.6 Å². The van der Waals surface area contributed by atoms with Crippen LogP contribution in [0.15, 0.2) is 29.6 Å². The number of carbonyl (C=O) groups is 2. The molecule has 0 spiro atoms. The molecule has 0 saturated heterocycles. The normalized spacial score (nSPS) is 13.0. The second-order valence-electron chi connectivity index (χ2n) is 7.15. The van der Waals surface area contributed by atoms with Gasteiger partial charge in [-0.25, -0.2) is 4.79 Å². The first kappa shape index (κ1) is 19.4. The lowest BCUT2D eigenvalue weighted by molar-refractivity contribution is -0.133. The van der Waals surface area contributed by atoms with E-state index in [0.717, 1.165) is 36.1 Å².